The minimum Gasteiger partial charge on any atom is -0.337 e. The monoisotopic (exact) mass is 361 g/mol. The molecule has 0 radical (unpaired) electrons. The smallest absolute Gasteiger partial charge is 0.274 e. The third kappa shape index (κ3) is 3.89. The van der Waals surface area contributed by atoms with Gasteiger partial charge in [-0.2, -0.15) is 0 Å². The van der Waals surface area contributed by atoms with Crippen molar-refractivity contribution in [3.63, 3.8) is 0 Å². The fraction of sp³-hybridized carbons (Fsp3) is 0.263. The summed E-state index contributed by atoms with van der Waals surface area (Å²) in [6.45, 7) is 3.16. The molecule has 1 saturated heterocycles. The molecule has 0 bridgehead atoms. The van der Waals surface area contributed by atoms with Crippen molar-refractivity contribution >= 4 is 17.5 Å². The van der Waals surface area contributed by atoms with Crippen LogP contribution in [0, 0.1) is 6.92 Å². The van der Waals surface area contributed by atoms with E-state index in [-0.39, 0.29) is 11.8 Å². The Hall–Kier alpha value is -3.42. The highest BCUT2D eigenvalue weighted by Crippen LogP contribution is 2.27. The molecule has 3 aromatic heterocycles. The maximum absolute atomic E-state index is 12.6. The maximum atomic E-state index is 12.6. The summed E-state index contributed by atoms with van der Waals surface area (Å²) in [7, 11) is 0. The van der Waals surface area contributed by atoms with E-state index in [0.29, 0.717) is 24.6 Å². The first-order valence-electron chi connectivity index (χ1n) is 8.78. The summed E-state index contributed by atoms with van der Waals surface area (Å²) in [6, 6.07) is 7.55. The number of aryl methyl sites for hydroxylation is 1. The van der Waals surface area contributed by atoms with E-state index in [0.717, 1.165) is 23.8 Å². The van der Waals surface area contributed by atoms with Gasteiger partial charge in [-0.15, -0.1) is 0 Å². The molecule has 1 N–H and O–H groups in total. The fourth-order valence-electron chi connectivity index (χ4n) is 3.13. The molecule has 4 heterocycles. The SMILES string of the molecule is Cc1cc(Nc2ccccn2)nc([C@@H]2CCN(C(=O)c3cnccn3)C2)n1. The second-order valence-electron chi connectivity index (χ2n) is 6.42. The van der Waals surface area contributed by atoms with Crippen LogP contribution in [-0.2, 0) is 0 Å². The van der Waals surface area contributed by atoms with E-state index in [4.69, 9.17) is 0 Å². The van der Waals surface area contributed by atoms with Gasteiger partial charge in [0.2, 0.25) is 0 Å². The first kappa shape index (κ1) is 17.0. The second kappa shape index (κ2) is 7.45. The van der Waals surface area contributed by atoms with Gasteiger partial charge in [0.1, 0.15) is 23.2 Å². The molecule has 1 aliphatic rings. The van der Waals surface area contributed by atoms with E-state index in [2.05, 4.69) is 30.2 Å². The van der Waals surface area contributed by atoms with Gasteiger partial charge in [-0.05, 0) is 25.5 Å². The Labute approximate surface area is 156 Å². The van der Waals surface area contributed by atoms with Gasteiger partial charge in [-0.3, -0.25) is 9.78 Å². The molecule has 4 rings (SSSR count). The lowest BCUT2D eigenvalue weighted by Gasteiger charge is -2.16. The number of aromatic nitrogens is 5. The lowest BCUT2D eigenvalue weighted by atomic mass is 10.1. The van der Waals surface area contributed by atoms with Gasteiger partial charge in [-0.25, -0.2) is 19.9 Å². The topological polar surface area (TPSA) is 96.8 Å². The number of nitrogens with one attached hydrogen (secondary N) is 1. The van der Waals surface area contributed by atoms with Gasteiger partial charge in [0.15, 0.2) is 0 Å². The molecule has 0 spiro atoms. The van der Waals surface area contributed by atoms with Crippen LogP contribution in [0.1, 0.15) is 34.3 Å². The van der Waals surface area contributed by atoms with Crippen LogP contribution in [0.2, 0.25) is 0 Å². The highest BCUT2D eigenvalue weighted by atomic mass is 16.2. The molecule has 27 heavy (non-hydrogen) atoms. The minimum absolute atomic E-state index is 0.0924. The first-order valence-corrected chi connectivity index (χ1v) is 8.78. The Morgan fingerprint density at radius 2 is 2.07 bits per heavy atom. The Morgan fingerprint density at radius 3 is 2.85 bits per heavy atom. The number of nitrogens with zero attached hydrogens (tertiary/aromatic N) is 6. The Kier molecular flexibility index (Phi) is 4.69. The van der Waals surface area contributed by atoms with Crippen LogP contribution in [0.5, 0.6) is 0 Å². The maximum Gasteiger partial charge on any atom is 0.274 e. The highest BCUT2D eigenvalue weighted by molar-refractivity contribution is 5.92. The molecule has 3 aromatic rings. The van der Waals surface area contributed by atoms with Crippen molar-refractivity contribution in [3.8, 4) is 0 Å². The van der Waals surface area contributed by atoms with E-state index in [1.54, 1.807) is 17.3 Å². The lowest BCUT2D eigenvalue weighted by Crippen LogP contribution is -2.29. The summed E-state index contributed by atoms with van der Waals surface area (Å²) >= 11 is 0. The number of carbonyl (C=O) groups excluding carboxylic acids is 1. The summed E-state index contributed by atoms with van der Waals surface area (Å²) in [5.41, 5.74) is 1.23. The van der Waals surface area contributed by atoms with Crippen molar-refractivity contribution in [1.82, 2.24) is 29.8 Å². The average Bonchev–Trinajstić information content (AvgIpc) is 3.19. The summed E-state index contributed by atoms with van der Waals surface area (Å²) in [5, 5.41) is 3.21. The minimum atomic E-state index is -0.106. The summed E-state index contributed by atoms with van der Waals surface area (Å²) in [5.74, 6) is 2.16. The summed E-state index contributed by atoms with van der Waals surface area (Å²) in [4.78, 5) is 35.9. The molecule has 8 nitrogen and oxygen atoms in total. The lowest BCUT2D eigenvalue weighted by molar-refractivity contribution is 0.0784. The Morgan fingerprint density at radius 1 is 1.15 bits per heavy atom. The zero-order valence-electron chi connectivity index (χ0n) is 14.9. The quantitative estimate of drug-likeness (QED) is 0.762. The molecular formula is C19H19N7O. The van der Waals surface area contributed by atoms with Crippen molar-refractivity contribution in [2.45, 2.75) is 19.3 Å². The molecule has 1 atom stereocenters. The third-order valence-electron chi connectivity index (χ3n) is 4.42. The number of hydrogen-bond donors (Lipinski definition) is 1. The van der Waals surface area contributed by atoms with E-state index < -0.39 is 0 Å². The third-order valence-corrected chi connectivity index (χ3v) is 4.42. The molecule has 136 valence electrons. The molecule has 0 aromatic carbocycles. The molecule has 0 aliphatic carbocycles. The number of rotatable bonds is 4. The number of pyridine rings is 1. The Bertz CT molecular complexity index is 933. The first-order chi connectivity index (χ1) is 13.2. The van der Waals surface area contributed by atoms with Crippen LogP contribution >= 0.6 is 0 Å². The highest BCUT2D eigenvalue weighted by Gasteiger charge is 2.30. The van der Waals surface area contributed by atoms with E-state index in [1.165, 1.54) is 12.4 Å². The number of amides is 1. The molecule has 8 heteroatoms. The van der Waals surface area contributed by atoms with Crippen molar-refractivity contribution in [2.75, 3.05) is 18.4 Å². The van der Waals surface area contributed by atoms with Gasteiger partial charge in [-0.1, -0.05) is 6.07 Å². The van der Waals surface area contributed by atoms with E-state index >= 15 is 0 Å². The molecule has 1 amide bonds. The molecule has 0 saturated carbocycles. The zero-order valence-corrected chi connectivity index (χ0v) is 14.9. The fourth-order valence-corrected chi connectivity index (χ4v) is 3.13. The van der Waals surface area contributed by atoms with Crippen LogP contribution in [0.4, 0.5) is 11.6 Å². The molecule has 1 aliphatic heterocycles. The normalized spacial score (nSPS) is 16.3. The predicted octanol–water partition coefficient (Wildman–Crippen LogP) is 2.34. The Balaban J connectivity index is 1.50. The van der Waals surface area contributed by atoms with Gasteiger partial charge in [0.25, 0.3) is 5.91 Å². The zero-order chi connectivity index (χ0) is 18.6. The largest absolute Gasteiger partial charge is 0.337 e. The standard InChI is InChI=1S/C19H19N7O/c1-13-10-17(24-16-4-2-3-6-22-16)25-18(23-13)14-5-9-26(12-14)19(27)15-11-20-7-8-21-15/h2-4,6-8,10-11,14H,5,9,12H2,1H3,(H,22,23,24,25)/t14-/m1/s1. The molecule has 1 fully saturated rings. The summed E-state index contributed by atoms with van der Waals surface area (Å²) in [6.07, 6.45) is 7.12. The van der Waals surface area contributed by atoms with E-state index in [1.807, 2.05) is 31.2 Å². The summed E-state index contributed by atoms with van der Waals surface area (Å²) < 4.78 is 0. The van der Waals surface area contributed by atoms with Crippen LogP contribution in [0.25, 0.3) is 0 Å². The second-order valence-corrected chi connectivity index (χ2v) is 6.42. The number of hydrogen-bond acceptors (Lipinski definition) is 7. The van der Waals surface area contributed by atoms with E-state index in [9.17, 15) is 4.79 Å². The molecular weight excluding hydrogens is 342 g/mol. The van der Waals surface area contributed by atoms with Gasteiger partial charge in [0.05, 0.1) is 6.20 Å². The van der Waals surface area contributed by atoms with Crippen LogP contribution in [-0.4, -0.2) is 48.8 Å². The van der Waals surface area contributed by atoms with Crippen LogP contribution in [0.3, 0.4) is 0 Å². The average molecular weight is 361 g/mol. The van der Waals surface area contributed by atoms with Crippen molar-refractivity contribution in [3.05, 3.63) is 66.3 Å². The van der Waals surface area contributed by atoms with Crippen molar-refractivity contribution < 1.29 is 4.79 Å². The van der Waals surface area contributed by atoms with Gasteiger partial charge >= 0.3 is 0 Å². The van der Waals surface area contributed by atoms with Crippen LogP contribution < -0.4 is 5.32 Å². The molecule has 0 unspecified atom stereocenters. The van der Waals surface area contributed by atoms with Crippen LogP contribution in [0.15, 0.2) is 49.1 Å². The number of likely N-dealkylation sites (tertiary alicyclic amines) is 1. The predicted molar refractivity (Wildman–Crippen MR) is 99.6 cm³/mol. The number of anilines is 2. The van der Waals surface area contributed by atoms with Gasteiger partial charge < -0.3 is 10.2 Å². The number of carbonyl (C=O) groups is 1. The van der Waals surface area contributed by atoms with Crippen molar-refractivity contribution in [2.24, 2.45) is 0 Å². The van der Waals surface area contributed by atoms with Gasteiger partial charge in [0, 0.05) is 49.4 Å². The van der Waals surface area contributed by atoms with Crippen molar-refractivity contribution in [1.29, 1.82) is 0 Å².